The van der Waals surface area contributed by atoms with E-state index in [0.717, 1.165) is 6.29 Å². The second kappa shape index (κ2) is 7.26. The summed E-state index contributed by atoms with van der Waals surface area (Å²) < 4.78 is 10.6. The van der Waals surface area contributed by atoms with Gasteiger partial charge in [-0.1, -0.05) is 6.07 Å². The fraction of sp³-hybridized carbons (Fsp3) is 0.176. The second-order valence-electron chi connectivity index (χ2n) is 4.49. The molecule has 1 amide bonds. The maximum Gasteiger partial charge on any atom is 0.255 e. The Morgan fingerprint density at radius 1 is 1.23 bits per heavy atom. The molecule has 0 bridgehead atoms. The van der Waals surface area contributed by atoms with Crippen LogP contribution in [0.1, 0.15) is 27.6 Å². The molecule has 5 heteroatoms. The first-order chi connectivity index (χ1) is 10.7. The Balaban J connectivity index is 2.27. The largest absolute Gasteiger partial charge is 0.497 e. The number of amides is 1. The van der Waals surface area contributed by atoms with Crippen LogP contribution in [0.4, 0.5) is 5.69 Å². The summed E-state index contributed by atoms with van der Waals surface area (Å²) in [5, 5.41) is 2.76. The maximum absolute atomic E-state index is 12.3. The van der Waals surface area contributed by atoms with E-state index in [1.54, 1.807) is 42.5 Å². The van der Waals surface area contributed by atoms with E-state index in [1.807, 2.05) is 6.92 Å². The van der Waals surface area contributed by atoms with Gasteiger partial charge in [-0.05, 0) is 43.3 Å². The molecule has 5 nitrogen and oxygen atoms in total. The van der Waals surface area contributed by atoms with E-state index >= 15 is 0 Å². The minimum absolute atomic E-state index is 0.303. The molecule has 0 fully saturated rings. The molecule has 2 aromatic carbocycles. The van der Waals surface area contributed by atoms with Crippen LogP contribution < -0.4 is 14.8 Å². The van der Waals surface area contributed by atoms with Crippen molar-refractivity contribution >= 4 is 17.9 Å². The van der Waals surface area contributed by atoms with Gasteiger partial charge < -0.3 is 14.8 Å². The zero-order valence-corrected chi connectivity index (χ0v) is 12.5. The number of rotatable bonds is 6. The minimum atomic E-state index is -0.303. The third kappa shape index (κ3) is 3.63. The van der Waals surface area contributed by atoms with Crippen LogP contribution in [0.15, 0.2) is 42.5 Å². The smallest absolute Gasteiger partial charge is 0.255 e. The third-order valence-electron chi connectivity index (χ3n) is 3.02. The summed E-state index contributed by atoms with van der Waals surface area (Å²) in [4.78, 5) is 23.2. The molecule has 114 valence electrons. The molecule has 22 heavy (non-hydrogen) atoms. The van der Waals surface area contributed by atoms with Crippen LogP contribution in [0.2, 0.25) is 0 Å². The van der Waals surface area contributed by atoms with Crippen LogP contribution in [0.5, 0.6) is 11.5 Å². The highest BCUT2D eigenvalue weighted by Gasteiger charge is 2.11. The third-order valence-corrected chi connectivity index (χ3v) is 3.02. The average Bonchev–Trinajstić information content (AvgIpc) is 2.56. The van der Waals surface area contributed by atoms with Crippen LogP contribution in [0, 0.1) is 0 Å². The lowest BCUT2D eigenvalue weighted by Gasteiger charge is -2.12. The van der Waals surface area contributed by atoms with Gasteiger partial charge in [0.15, 0.2) is 0 Å². The summed E-state index contributed by atoms with van der Waals surface area (Å²) in [6.45, 7) is 2.31. The Bertz CT molecular complexity index is 682. The standard InChI is InChI=1S/C17H17NO4/c1-3-22-16-8-7-12(11-19)9-15(16)18-17(20)13-5-4-6-14(10-13)21-2/h4-11H,3H2,1-2H3,(H,18,20). The Morgan fingerprint density at radius 3 is 2.73 bits per heavy atom. The first kappa shape index (κ1) is 15.6. The van der Waals surface area contributed by atoms with Gasteiger partial charge in [0.05, 0.1) is 19.4 Å². The van der Waals surface area contributed by atoms with Gasteiger partial charge in [0.25, 0.3) is 5.91 Å². The van der Waals surface area contributed by atoms with Crippen LogP contribution >= 0.6 is 0 Å². The number of hydrogen-bond donors (Lipinski definition) is 1. The molecule has 1 N–H and O–H groups in total. The number of ether oxygens (including phenoxy) is 2. The van der Waals surface area contributed by atoms with Gasteiger partial charge in [-0.3, -0.25) is 9.59 Å². The molecule has 0 radical (unpaired) electrons. The SMILES string of the molecule is CCOc1ccc(C=O)cc1NC(=O)c1cccc(OC)c1. The van der Waals surface area contributed by atoms with Gasteiger partial charge in [0.2, 0.25) is 0 Å². The summed E-state index contributed by atoms with van der Waals surface area (Å²) >= 11 is 0. The number of carbonyl (C=O) groups excluding carboxylic acids is 2. The number of nitrogens with one attached hydrogen (secondary N) is 1. The predicted molar refractivity (Wildman–Crippen MR) is 83.9 cm³/mol. The van der Waals surface area contributed by atoms with E-state index in [0.29, 0.717) is 34.9 Å². The lowest BCUT2D eigenvalue weighted by atomic mass is 10.1. The van der Waals surface area contributed by atoms with E-state index in [9.17, 15) is 9.59 Å². The molecular formula is C17H17NO4. The van der Waals surface area contributed by atoms with Gasteiger partial charge in [0, 0.05) is 11.1 Å². The van der Waals surface area contributed by atoms with Crippen molar-refractivity contribution in [1.29, 1.82) is 0 Å². The summed E-state index contributed by atoms with van der Waals surface area (Å²) in [5.74, 6) is 0.812. The number of hydrogen-bond acceptors (Lipinski definition) is 4. The lowest BCUT2D eigenvalue weighted by Crippen LogP contribution is -2.13. The zero-order chi connectivity index (χ0) is 15.9. The van der Waals surface area contributed by atoms with Crippen molar-refractivity contribution in [3.8, 4) is 11.5 Å². The average molecular weight is 299 g/mol. The molecule has 0 aliphatic heterocycles. The quantitative estimate of drug-likeness (QED) is 0.832. The molecule has 0 unspecified atom stereocenters. The van der Waals surface area contributed by atoms with Gasteiger partial charge in [-0.2, -0.15) is 0 Å². The van der Waals surface area contributed by atoms with Crippen molar-refractivity contribution < 1.29 is 19.1 Å². The number of carbonyl (C=O) groups is 2. The van der Waals surface area contributed by atoms with Crippen molar-refractivity contribution in [3.05, 3.63) is 53.6 Å². The second-order valence-corrected chi connectivity index (χ2v) is 4.49. The molecule has 0 saturated carbocycles. The maximum atomic E-state index is 12.3. The van der Waals surface area contributed by atoms with Gasteiger partial charge >= 0.3 is 0 Å². The molecule has 0 saturated heterocycles. The summed E-state index contributed by atoms with van der Waals surface area (Å²) in [7, 11) is 1.54. The van der Waals surface area contributed by atoms with E-state index in [2.05, 4.69) is 5.32 Å². The monoisotopic (exact) mass is 299 g/mol. The molecule has 0 heterocycles. The Kier molecular flexibility index (Phi) is 5.14. The lowest BCUT2D eigenvalue weighted by molar-refractivity contribution is 0.102. The normalized spacial score (nSPS) is 9.91. The first-order valence-corrected chi connectivity index (χ1v) is 6.85. The molecule has 0 aliphatic carbocycles. The highest BCUT2D eigenvalue weighted by atomic mass is 16.5. The van der Waals surface area contributed by atoms with E-state index < -0.39 is 0 Å². The topological polar surface area (TPSA) is 64.6 Å². The van der Waals surface area contributed by atoms with Crippen LogP contribution in [-0.4, -0.2) is 25.9 Å². The molecule has 0 atom stereocenters. The molecular weight excluding hydrogens is 282 g/mol. The molecule has 0 aliphatic rings. The summed E-state index contributed by atoms with van der Waals surface area (Å²) in [5.41, 5.74) is 1.38. The van der Waals surface area contributed by atoms with Gasteiger partial charge in [-0.25, -0.2) is 0 Å². The van der Waals surface area contributed by atoms with Crippen molar-refractivity contribution in [1.82, 2.24) is 0 Å². The number of aldehydes is 1. The van der Waals surface area contributed by atoms with E-state index in [1.165, 1.54) is 7.11 Å². The van der Waals surface area contributed by atoms with E-state index in [-0.39, 0.29) is 5.91 Å². The molecule has 0 aromatic heterocycles. The molecule has 0 spiro atoms. The van der Waals surface area contributed by atoms with Crippen LogP contribution in [0.3, 0.4) is 0 Å². The van der Waals surface area contributed by atoms with Crippen molar-refractivity contribution in [2.75, 3.05) is 19.0 Å². The first-order valence-electron chi connectivity index (χ1n) is 6.85. The number of benzene rings is 2. The zero-order valence-electron chi connectivity index (χ0n) is 12.5. The summed E-state index contributed by atoms with van der Waals surface area (Å²) in [6, 6.07) is 11.7. The van der Waals surface area contributed by atoms with Gasteiger partial charge in [-0.15, -0.1) is 0 Å². The van der Waals surface area contributed by atoms with E-state index in [4.69, 9.17) is 9.47 Å². The Morgan fingerprint density at radius 2 is 2.05 bits per heavy atom. The fourth-order valence-corrected chi connectivity index (χ4v) is 1.96. The predicted octanol–water partition coefficient (Wildman–Crippen LogP) is 3.16. The minimum Gasteiger partial charge on any atom is -0.497 e. The highest BCUT2D eigenvalue weighted by molar-refractivity contribution is 6.05. The van der Waals surface area contributed by atoms with Gasteiger partial charge in [0.1, 0.15) is 17.8 Å². The number of methoxy groups -OCH3 is 1. The highest BCUT2D eigenvalue weighted by Crippen LogP contribution is 2.26. The number of anilines is 1. The van der Waals surface area contributed by atoms with Crippen molar-refractivity contribution in [3.63, 3.8) is 0 Å². The van der Waals surface area contributed by atoms with Crippen LogP contribution in [0.25, 0.3) is 0 Å². The van der Waals surface area contributed by atoms with Crippen LogP contribution in [-0.2, 0) is 0 Å². The Labute approximate surface area is 128 Å². The van der Waals surface area contributed by atoms with Crippen molar-refractivity contribution in [2.45, 2.75) is 6.92 Å². The fourth-order valence-electron chi connectivity index (χ4n) is 1.96. The summed E-state index contributed by atoms with van der Waals surface area (Å²) in [6.07, 6.45) is 0.719. The molecule has 2 rings (SSSR count). The van der Waals surface area contributed by atoms with Crippen molar-refractivity contribution in [2.24, 2.45) is 0 Å². The molecule has 2 aromatic rings. The Hall–Kier alpha value is -2.82.